The maximum Gasteiger partial charge on any atom is 0.244 e. The van der Waals surface area contributed by atoms with Crippen LogP contribution in [0, 0.1) is 0 Å². The van der Waals surface area contributed by atoms with Crippen LogP contribution in [0.3, 0.4) is 0 Å². The van der Waals surface area contributed by atoms with Crippen LogP contribution in [0.4, 0.5) is 5.69 Å². The van der Waals surface area contributed by atoms with E-state index in [4.69, 9.17) is 4.74 Å². The van der Waals surface area contributed by atoms with Gasteiger partial charge in [-0.2, -0.15) is 0 Å². The highest BCUT2D eigenvalue weighted by molar-refractivity contribution is 7.92. The zero-order valence-corrected chi connectivity index (χ0v) is 20.6. The van der Waals surface area contributed by atoms with Crippen molar-refractivity contribution in [3.63, 3.8) is 0 Å². The number of benzene rings is 2. The number of nitrogens with one attached hydrogen (secondary N) is 1. The van der Waals surface area contributed by atoms with E-state index >= 15 is 0 Å². The number of likely N-dealkylation sites (tertiary alicyclic amines) is 1. The first kappa shape index (κ1) is 25.1. The van der Waals surface area contributed by atoms with E-state index in [0.717, 1.165) is 31.5 Å². The monoisotopic (exact) mass is 473 g/mol. The Labute approximate surface area is 197 Å². The van der Waals surface area contributed by atoms with Crippen molar-refractivity contribution in [2.24, 2.45) is 0 Å². The van der Waals surface area contributed by atoms with Crippen LogP contribution in [0.25, 0.3) is 0 Å². The van der Waals surface area contributed by atoms with Crippen LogP contribution >= 0.6 is 0 Å². The van der Waals surface area contributed by atoms with Gasteiger partial charge in [0.1, 0.15) is 11.8 Å². The Bertz CT molecular complexity index is 1020. The van der Waals surface area contributed by atoms with Crippen molar-refractivity contribution in [2.45, 2.75) is 51.7 Å². The zero-order chi connectivity index (χ0) is 23.8. The second-order valence-corrected chi connectivity index (χ2v) is 10.4. The van der Waals surface area contributed by atoms with Gasteiger partial charge in [0, 0.05) is 13.1 Å². The predicted octanol–water partition coefficient (Wildman–Crippen LogP) is 3.54. The molecular weight excluding hydrogens is 438 g/mol. The van der Waals surface area contributed by atoms with Crippen LogP contribution < -0.4 is 14.4 Å². The number of carbonyl (C=O) groups excluding carboxylic acids is 1. The quantitative estimate of drug-likeness (QED) is 0.571. The number of methoxy groups -OCH3 is 1. The highest BCUT2D eigenvalue weighted by atomic mass is 32.2. The minimum absolute atomic E-state index is 0.319. The fourth-order valence-corrected chi connectivity index (χ4v) is 5.52. The summed E-state index contributed by atoms with van der Waals surface area (Å²) in [4.78, 5) is 15.5. The lowest BCUT2D eigenvalue weighted by molar-refractivity contribution is -0.122. The molecule has 1 fully saturated rings. The first-order valence-electron chi connectivity index (χ1n) is 11.5. The van der Waals surface area contributed by atoms with Crippen LogP contribution in [0.2, 0.25) is 0 Å². The minimum Gasteiger partial charge on any atom is -0.497 e. The normalized spacial score (nSPS) is 15.6. The van der Waals surface area contributed by atoms with Crippen molar-refractivity contribution in [3.05, 3.63) is 59.7 Å². The molecule has 1 saturated heterocycles. The fourth-order valence-electron chi connectivity index (χ4n) is 4.31. The smallest absolute Gasteiger partial charge is 0.244 e. The lowest BCUT2D eigenvalue weighted by Gasteiger charge is -2.30. The molecule has 8 heteroatoms. The van der Waals surface area contributed by atoms with Crippen molar-refractivity contribution >= 4 is 21.6 Å². The fraction of sp³-hybridized carbons (Fsp3) is 0.480. The van der Waals surface area contributed by atoms with Gasteiger partial charge in [-0.05, 0) is 67.7 Å². The summed E-state index contributed by atoms with van der Waals surface area (Å²) < 4.78 is 31.6. The van der Waals surface area contributed by atoms with Crippen molar-refractivity contribution in [3.8, 4) is 5.75 Å². The van der Waals surface area contributed by atoms with E-state index in [0.29, 0.717) is 24.4 Å². The largest absolute Gasteiger partial charge is 0.497 e. The van der Waals surface area contributed by atoms with E-state index < -0.39 is 16.1 Å². The van der Waals surface area contributed by atoms with E-state index in [1.807, 2.05) is 19.1 Å². The maximum absolute atomic E-state index is 13.1. The Balaban J connectivity index is 1.69. The molecule has 3 rings (SSSR count). The molecule has 1 aliphatic rings. The van der Waals surface area contributed by atoms with E-state index in [9.17, 15) is 13.2 Å². The second kappa shape index (κ2) is 11.5. The molecule has 1 heterocycles. The van der Waals surface area contributed by atoms with Gasteiger partial charge in [0.2, 0.25) is 15.9 Å². The topological polar surface area (TPSA) is 79.0 Å². The number of carbonyl (C=O) groups is 1. The van der Waals surface area contributed by atoms with Gasteiger partial charge in [-0.1, -0.05) is 37.6 Å². The molecular formula is C25H35N3O4S. The van der Waals surface area contributed by atoms with E-state index in [1.54, 1.807) is 31.4 Å². The third-order valence-corrected chi connectivity index (χ3v) is 7.15. The maximum atomic E-state index is 13.1. The minimum atomic E-state index is -3.67. The van der Waals surface area contributed by atoms with E-state index in [2.05, 4.69) is 22.3 Å². The highest BCUT2D eigenvalue weighted by Crippen LogP contribution is 2.25. The lowest BCUT2D eigenvalue weighted by Crippen LogP contribution is -2.49. The number of anilines is 1. The number of rotatable bonds is 10. The van der Waals surface area contributed by atoms with Gasteiger partial charge in [-0.25, -0.2) is 8.42 Å². The van der Waals surface area contributed by atoms with Gasteiger partial charge >= 0.3 is 0 Å². The van der Waals surface area contributed by atoms with Gasteiger partial charge in [0.15, 0.2) is 0 Å². The van der Waals surface area contributed by atoms with Gasteiger partial charge in [-0.15, -0.1) is 0 Å². The van der Waals surface area contributed by atoms with Gasteiger partial charge in [0.25, 0.3) is 0 Å². The van der Waals surface area contributed by atoms with E-state index in [1.165, 1.54) is 29.1 Å². The molecule has 180 valence electrons. The zero-order valence-electron chi connectivity index (χ0n) is 19.8. The molecule has 0 unspecified atom stereocenters. The van der Waals surface area contributed by atoms with Crippen LogP contribution in [-0.4, -0.2) is 51.7 Å². The average molecular weight is 474 g/mol. The summed E-state index contributed by atoms with van der Waals surface area (Å²) in [6.45, 7) is 5.34. The molecule has 2 aromatic rings. The first-order chi connectivity index (χ1) is 15.8. The average Bonchev–Trinajstić information content (AvgIpc) is 2.81. The number of piperidine rings is 1. The number of nitrogens with zero attached hydrogens (tertiary/aromatic N) is 2. The Hall–Kier alpha value is -2.58. The van der Waals surface area contributed by atoms with Crippen molar-refractivity contribution in [1.82, 2.24) is 10.2 Å². The van der Waals surface area contributed by atoms with Crippen molar-refractivity contribution in [1.29, 1.82) is 0 Å². The number of ether oxygens (including phenoxy) is 1. The summed E-state index contributed by atoms with van der Waals surface area (Å²) in [6.07, 6.45) is 5.28. The highest BCUT2D eigenvalue weighted by Gasteiger charge is 2.31. The third-order valence-electron chi connectivity index (χ3n) is 5.97. The van der Waals surface area contributed by atoms with Gasteiger partial charge in [-0.3, -0.25) is 14.0 Å². The number of hydrogen-bond acceptors (Lipinski definition) is 5. The molecule has 0 spiro atoms. The van der Waals surface area contributed by atoms with Gasteiger partial charge in [0.05, 0.1) is 19.1 Å². The van der Waals surface area contributed by atoms with Gasteiger partial charge < -0.3 is 10.1 Å². The molecule has 1 atom stereocenters. The SMILES string of the molecule is CC[C@@H](C(=O)NCc1cccc(CN2CCCCC2)c1)N(c1ccc(OC)cc1)S(C)(=O)=O. The predicted molar refractivity (Wildman–Crippen MR) is 132 cm³/mol. The van der Waals surface area contributed by atoms with Crippen LogP contribution in [0.15, 0.2) is 48.5 Å². The molecule has 7 nitrogen and oxygen atoms in total. The number of sulfonamides is 1. The molecule has 0 aliphatic carbocycles. The lowest BCUT2D eigenvalue weighted by atomic mass is 10.1. The Morgan fingerprint density at radius 3 is 2.36 bits per heavy atom. The van der Waals surface area contributed by atoms with Crippen LogP contribution in [0.5, 0.6) is 5.75 Å². The molecule has 2 aromatic carbocycles. The first-order valence-corrected chi connectivity index (χ1v) is 13.4. The molecule has 1 N–H and O–H groups in total. The molecule has 33 heavy (non-hydrogen) atoms. The van der Waals surface area contributed by atoms with Crippen LogP contribution in [0.1, 0.15) is 43.7 Å². The Kier molecular flexibility index (Phi) is 8.74. The summed E-state index contributed by atoms with van der Waals surface area (Å²) in [7, 11) is -2.13. The molecule has 1 amide bonds. The second-order valence-electron chi connectivity index (χ2n) is 8.56. The standard InChI is InChI=1S/C25H35N3O4S/c1-4-24(28(33(3,30)31)22-11-13-23(32-2)14-12-22)25(29)26-18-20-9-8-10-21(17-20)19-27-15-6-5-7-16-27/h8-14,17,24H,4-7,15-16,18-19H2,1-3H3,(H,26,29)/t24-/m0/s1. The third kappa shape index (κ3) is 6.95. The Morgan fingerprint density at radius 1 is 1.09 bits per heavy atom. The summed E-state index contributed by atoms with van der Waals surface area (Å²) in [5.74, 6) is 0.300. The summed E-state index contributed by atoms with van der Waals surface area (Å²) in [6, 6.07) is 14.1. The van der Waals surface area contributed by atoms with Crippen molar-refractivity contribution < 1.29 is 17.9 Å². The summed E-state index contributed by atoms with van der Waals surface area (Å²) in [5, 5.41) is 2.94. The van der Waals surface area contributed by atoms with Crippen LogP contribution in [-0.2, 0) is 27.9 Å². The number of amides is 1. The Morgan fingerprint density at radius 2 is 1.76 bits per heavy atom. The van der Waals surface area contributed by atoms with E-state index in [-0.39, 0.29) is 5.91 Å². The molecule has 0 bridgehead atoms. The summed E-state index contributed by atoms with van der Waals surface area (Å²) >= 11 is 0. The molecule has 0 saturated carbocycles. The summed E-state index contributed by atoms with van der Waals surface area (Å²) in [5.41, 5.74) is 2.67. The molecule has 0 aromatic heterocycles. The van der Waals surface area contributed by atoms with Crippen molar-refractivity contribution in [2.75, 3.05) is 30.8 Å². The number of hydrogen-bond donors (Lipinski definition) is 1. The molecule has 1 aliphatic heterocycles. The molecule has 0 radical (unpaired) electrons.